The van der Waals surface area contributed by atoms with Crippen molar-refractivity contribution < 1.29 is 0 Å². The van der Waals surface area contributed by atoms with Gasteiger partial charge in [0.1, 0.15) is 0 Å². The maximum atomic E-state index is 4.77. The van der Waals surface area contributed by atoms with Crippen LogP contribution in [0.3, 0.4) is 0 Å². The van der Waals surface area contributed by atoms with Crippen LogP contribution in [0.1, 0.15) is 134 Å². The van der Waals surface area contributed by atoms with Gasteiger partial charge in [0.15, 0.2) is 0 Å². The molecule has 0 unspecified atom stereocenters. The number of allylic oxidation sites excluding steroid dienone is 2. The molecule has 2 aromatic rings. The summed E-state index contributed by atoms with van der Waals surface area (Å²) in [6.45, 7) is 4.60. The molecule has 1 fully saturated rings. The Kier molecular flexibility index (Phi) is 14.7. The van der Waals surface area contributed by atoms with Crippen LogP contribution in [-0.4, -0.2) is 4.98 Å². The number of hydrogen-bond acceptors (Lipinski definition) is 1. The van der Waals surface area contributed by atoms with Crippen LogP contribution < -0.4 is 0 Å². The zero-order valence-corrected chi connectivity index (χ0v) is 24.2. The molecule has 3 rings (SSSR count). The molecule has 0 bridgehead atoms. The molecule has 0 spiro atoms. The van der Waals surface area contributed by atoms with Gasteiger partial charge >= 0.3 is 0 Å². The molecule has 1 heteroatoms. The minimum atomic E-state index is 0.828. The van der Waals surface area contributed by atoms with E-state index in [1.165, 1.54) is 119 Å². The number of aryl methyl sites for hydroxylation is 2. The molecule has 1 nitrogen and oxygen atoms in total. The first-order valence-electron chi connectivity index (χ1n) is 16.0. The summed E-state index contributed by atoms with van der Waals surface area (Å²) >= 11 is 0. The lowest BCUT2D eigenvalue weighted by Gasteiger charge is -2.26. The van der Waals surface area contributed by atoms with Crippen LogP contribution in [0.4, 0.5) is 0 Å². The fourth-order valence-electron chi connectivity index (χ4n) is 5.94. The smallest absolute Gasteiger partial charge is 0.0702 e. The summed E-state index contributed by atoms with van der Waals surface area (Å²) in [5, 5.41) is 0. The van der Waals surface area contributed by atoms with Crippen LogP contribution >= 0.6 is 0 Å². The molecule has 0 N–H and O–H groups in total. The Morgan fingerprint density at radius 1 is 0.676 bits per heavy atom. The lowest BCUT2D eigenvalue weighted by molar-refractivity contribution is 0.289. The number of pyridine rings is 1. The van der Waals surface area contributed by atoms with Gasteiger partial charge in [0.2, 0.25) is 0 Å². The van der Waals surface area contributed by atoms with Crippen LogP contribution in [0.5, 0.6) is 0 Å². The lowest BCUT2D eigenvalue weighted by atomic mass is 9.79. The number of benzene rings is 1. The highest BCUT2D eigenvalue weighted by molar-refractivity contribution is 5.59. The molecule has 1 heterocycles. The maximum Gasteiger partial charge on any atom is 0.0702 e. The zero-order chi connectivity index (χ0) is 26.0. The van der Waals surface area contributed by atoms with Crippen molar-refractivity contribution in [3.05, 3.63) is 65.9 Å². The second kappa shape index (κ2) is 18.4. The average molecular weight is 502 g/mol. The van der Waals surface area contributed by atoms with Crippen molar-refractivity contribution in [3.8, 4) is 11.3 Å². The quantitative estimate of drug-likeness (QED) is 0.146. The molecule has 0 amide bonds. The summed E-state index contributed by atoms with van der Waals surface area (Å²) in [6, 6.07) is 13.6. The van der Waals surface area contributed by atoms with E-state index in [4.69, 9.17) is 4.98 Å². The topological polar surface area (TPSA) is 12.9 Å². The van der Waals surface area contributed by atoms with Gasteiger partial charge in [-0.05, 0) is 80.4 Å². The lowest BCUT2D eigenvalue weighted by Crippen LogP contribution is -2.13. The molecule has 0 radical (unpaired) electrons. The van der Waals surface area contributed by atoms with Crippen LogP contribution in [0.25, 0.3) is 11.3 Å². The van der Waals surface area contributed by atoms with Crippen LogP contribution in [0.2, 0.25) is 0 Å². The monoisotopic (exact) mass is 501 g/mol. The molecule has 1 aliphatic rings. The van der Waals surface area contributed by atoms with E-state index in [0.717, 1.165) is 36.8 Å². The fraction of sp³-hybridized carbons (Fsp3) is 0.639. The molecule has 1 aliphatic carbocycles. The van der Waals surface area contributed by atoms with Crippen molar-refractivity contribution in [1.82, 2.24) is 4.98 Å². The van der Waals surface area contributed by atoms with Gasteiger partial charge in [0.25, 0.3) is 0 Å². The Bertz CT molecular complexity index is 839. The molecular formula is C36H55N. The fourth-order valence-corrected chi connectivity index (χ4v) is 5.94. The summed E-state index contributed by atoms with van der Waals surface area (Å²) in [5.74, 6) is 1.84. The first-order valence-corrected chi connectivity index (χ1v) is 16.0. The standard InChI is InChI=1S/C36H55N/c1-3-5-7-8-9-10-11-13-19-34-26-29-36(37-30-34)35-27-24-33(25-28-35)18-15-14-17-32-22-20-31(21-23-32)16-12-6-4-2/h14,17,24-32H,3-13,15-16,18-23H2,1-2H3/t31-,32-. The highest BCUT2D eigenvalue weighted by Gasteiger charge is 2.18. The van der Waals surface area contributed by atoms with E-state index in [9.17, 15) is 0 Å². The van der Waals surface area contributed by atoms with Gasteiger partial charge in [0, 0.05) is 11.8 Å². The first-order chi connectivity index (χ1) is 18.3. The van der Waals surface area contributed by atoms with E-state index < -0.39 is 0 Å². The van der Waals surface area contributed by atoms with E-state index in [1.807, 2.05) is 0 Å². The Morgan fingerprint density at radius 2 is 1.32 bits per heavy atom. The van der Waals surface area contributed by atoms with E-state index in [1.54, 1.807) is 0 Å². The summed E-state index contributed by atoms with van der Waals surface area (Å²) < 4.78 is 0. The van der Waals surface area contributed by atoms with Gasteiger partial charge in [0.05, 0.1) is 5.69 Å². The molecule has 0 saturated heterocycles. The highest BCUT2D eigenvalue weighted by Crippen LogP contribution is 2.32. The molecule has 0 aliphatic heterocycles. The minimum Gasteiger partial charge on any atom is -0.256 e. The molecule has 1 saturated carbocycles. The first kappa shape index (κ1) is 29.7. The van der Waals surface area contributed by atoms with Crippen molar-refractivity contribution in [1.29, 1.82) is 0 Å². The summed E-state index contributed by atoms with van der Waals surface area (Å²) in [6.07, 6.45) is 32.9. The van der Waals surface area contributed by atoms with Crippen LogP contribution in [-0.2, 0) is 12.8 Å². The zero-order valence-electron chi connectivity index (χ0n) is 24.2. The minimum absolute atomic E-state index is 0.828. The Balaban J connectivity index is 1.30. The van der Waals surface area contributed by atoms with Gasteiger partial charge in [-0.1, -0.05) is 127 Å². The summed E-state index contributed by atoms with van der Waals surface area (Å²) in [5.41, 5.74) is 5.13. The largest absolute Gasteiger partial charge is 0.256 e. The van der Waals surface area contributed by atoms with Gasteiger partial charge in [-0.25, -0.2) is 0 Å². The predicted octanol–water partition coefficient (Wildman–Crippen LogP) is 11.3. The third kappa shape index (κ3) is 12.0. The number of hydrogen-bond donors (Lipinski definition) is 0. The van der Waals surface area contributed by atoms with E-state index in [-0.39, 0.29) is 0 Å². The Hall–Kier alpha value is -1.89. The SMILES string of the molecule is CCCCCCCCCCc1ccc(-c2ccc(CCC=C[C@H]3CC[C@H](CCCCC)CC3)cc2)nc1. The molecule has 1 aromatic carbocycles. The third-order valence-corrected chi connectivity index (χ3v) is 8.51. The molecular weight excluding hydrogens is 446 g/mol. The second-order valence-electron chi connectivity index (χ2n) is 11.7. The van der Waals surface area contributed by atoms with Crippen LogP contribution in [0.15, 0.2) is 54.7 Å². The van der Waals surface area contributed by atoms with Gasteiger partial charge < -0.3 is 0 Å². The van der Waals surface area contributed by atoms with Gasteiger partial charge in [-0.15, -0.1) is 0 Å². The Morgan fingerprint density at radius 3 is 2.00 bits per heavy atom. The number of nitrogens with zero attached hydrogens (tertiary/aromatic N) is 1. The molecule has 1 aromatic heterocycles. The number of aromatic nitrogens is 1. The van der Waals surface area contributed by atoms with E-state index in [2.05, 4.69) is 68.6 Å². The number of unbranched alkanes of at least 4 members (excludes halogenated alkanes) is 9. The van der Waals surface area contributed by atoms with Crippen molar-refractivity contribution in [2.45, 2.75) is 136 Å². The highest BCUT2D eigenvalue weighted by atomic mass is 14.7. The van der Waals surface area contributed by atoms with Crippen molar-refractivity contribution >= 4 is 0 Å². The second-order valence-corrected chi connectivity index (χ2v) is 11.7. The van der Waals surface area contributed by atoms with E-state index in [0.29, 0.717) is 0 Å². The van der Waals surface area contributed by atoms with Crippen molar-refractivity contribution in [2.75, 3.05) is 0 Å². The summed E-state index contributed by atoms with van der Waals surface area (Å²) in [7, 11) is 0. The molecule has 204 valence electrons. The predicted molar refractivity (Wildman–Crippen MR) is 163 cm³/mol. The van der Waals surface area contributed by atoms with Crippen molar-refractivity contribution in [3.63, 3.8) is 0 Å². The molecule has 37 heavy (non-hydrogen) atoms. The average Bonchev–Trinajstić information content (AvgIpc) is 2.94. The Labute approximate surface area is 229 Å². The van der Waals surface area contributed by atoms with Gasteiger partial charge in [-0.3, -0.25) is 4.98 Å². The van der Waals surface area contributed by atoms with Crippen molar-refractivity contribution in [2.24, 2.45) is 11.8 Å². The third-order valence-electron chi connectivity index (χ3n) is 8.51. The summed E-state index contributed by atoms with van der Waals surface area (Å²) in [4.78, 5) is 4.77. The molecule has 0 atom stereocenters. The number of rotatable bonds is 18. The maximum absolute atomic E-state index is 4.77. The van der Waals surface area contributed by atoms with Crippen LogP contribution in [0, 0.1) is 11.8 Å². The van der Waals surface area contributed by atoms with E-state index >= 15 is 0 Å². The normalized spacial score (nSPS) is 18.0. The van der Waals surface area contributed by atoms with Gasteiger partial charge in [-0.2, -0.15) is 0 Å².